The second-order valence-electron chi connectivity index (χ2n) is 5.66. The molecule has 1 amide bonds. The van der Waals surface area contributed by atoms with Crippen molar-refractivity contribution in [2.24, 2.45) is 5.16 Å². The summed E-state index contributed by atoms with van der Waals surface area (Å²) in [5, 5.41) is 6.67. The molecule has 0 saturated carbocycles. The van der Waals surface area contributed by atoms with Gasteiger partial charge in [0.15, 0.2) is 0 Å². The fraction of sp³-hybridized carbons (Fsp3) is 0.263. The molecule has 4 heteroatoms. The Bertz CT molecular complexity index is 649. The number of hydrogen-bond donors (Lipinski definition) is 1. The van der Waals surface area contributed by atoms with Crippen molar-refractivity contribution in [3.63, 3.8) is 0 Å². The Hall–Kier alpha value is -2.62. The minimum absolute atomic E-state index is 0.233. The van der Waals surface area contributed by atoms with Crippen LogP contribution in [0.2, 0.25) is 0 Å². The molecule has 0 aliphatic heterocycles. The van der Waals surface area contributed by atoms with E-state index in [0.29, 0.717) is 5.92 Å². The lowest BCUT2D eigenvalue weighted by Crippen LogP contribution is -2.26. The summed E-state index contributed by atoms with van der Waals surface area (Å²) in [5.41, 5.74) is 2.95. The van der Waals surface area contributed by atoms with Crippen LogP contribution < -0.4 is 5.32 Å². The summed E-state index contributed by atoms with van der Waals surface area (Å²) in [6.45, 7) is 5.97. The predicted molar refractivity (Wildman–Crippen MR) is 93.7 cm³/mol. The van der Waals surface area contributed by atoms with Gasteiger partial charge in [0.25, 0.3) is 5.91 Å². The van der Waals surface area contributed by atoms with E-state index in [0.717, 1.165) is 11.3 Å². The molecule has 2 aromatic carbocycles. The van der Waals surface area contributed by atoms with Crippen molar-refractivity contribution >= 4 is 17.8 Å². The molecule has 4 nitrogen and oxygen atoms in total. The molecule has 0 saturated heterocycles. The highest BCUT2D eigenvalue weighted by molar-refractivity contribution is 5.93. The molecule has 0 radical (unpaired) electrons. The number of benzene rings is 2. The second kappa shape index (κ2) is 8.13. The van der Waals surface area contributed by atoms with E-state index in [-0.39, 0.29) is 5.91 Å². The van der Waals surface area contributed by atoms with Crippen LogP contribution in [-0.4, -0.2) is 18.2 Å². The number of nitrogens with one attached hydrogen (secondary N) is 1. The molecule has 2 aromatic rings. The van der Waals surface area contributed by atoms with Gasteiger partial charge in [-0.2, -0.15) is 0 Å². The number of rotatable bonds is 6. The van der Waals surface area contributed by atoms with Gasteiger partial charge in [-0.15, -0.1) is 0 Å². The topological polar surface area (TPSA) is 50.7 Å². The zero-order chi connectivity index (χ0) is 16.7. The minimum Gasteiger partial charge on any atom is -0.383 e. The fourth-order valence-corrected chi connectivity index (χ4v) is 1.96. The fourth-order valence-electron chi connectivity index (χ4n) is 1.96. The Morgan fingerprint density at radius 3 is 2.30 bits per heavy atom. The van der Waals surface area contributed by atoms with E-state index in [2.05, 4.69) is 36.5 Å². The smallest absolute Gasteiger partial charge is 0.267 e. The zero-order valence-electron chi connectivity index (χ0n) is 13.7. The zero-order valence-corrected chi connectivity index (χ0v) is 13.7. The van der Waals surface area contributed by atoms with Crippen LogP contribution in [0.1, 0.15) is 37.8 Å². The lowest BCUT2D eigenvalue weighted by molar-refractivity contribution is -0.126. The van der Waals surface area contributed by atoms with E-state index in [1.165, 1.54) is 5.56 Å². The molecule has 120 valence electrons. The summed E-state index contributed by atoms with van der Waals surface area (Å²) in [6.07, 6.45) is 0.942. The van der Waals surface area contributed by atoms with E-state index in [9.17, 15) is 4.79 Å². The molecule has 2 rings (SSSR count). The van der Waals surface area contributed by atoms with Gasteiger partial charge in [0.2, 0.25) is 6.10 Å². The van der Waals surface area contributed by atoms with E-state index in [4.69, 9.17) is 4.84 Å². The number of para-hydroxylation sites is 1. The Morgan fingerprint density at radius 1 is 1.04 bits per heavy atom. The first kappa shape index (κ1) is 16.7. The molecule has 0 heterocycles. The first-order valence-corrected chi connectivity index (χ1v) is 7.71. The van der Waals surface area contributed by atoms with Gasteiger partial charge in [0, 0.05) is 5.69 Å². The van der Waals surface area contributed by atoms with Crippen LogP contribution in [0, 0.1) is 0 Å². The van der Waals surface area contributed by atoms with Crippen LogP contribution in [0.3, 0.4) is 0 Å². The molecule has 0 bridgehead atoms. The van der Waals surface area contributed by atoms with Crippen molar-refractivity contribution in [1.29, 1.82) is 0 Å². The Kier molecular flexibility index (Phi) is 5.92. The molecule has 0 fully saturated rings. The maximum atomic E-state index is 12.0. The summed E-state index contributed by atoms with van der Waals surface area (Å²) in [4.78, 5) is 17.2. The molecule has 0 spiro atoms. The minimum atomic E-state index is -0.665. The Morgan fingerprint density at radius 2 is 1.70 bits per heavy atom. The summed E-state index contributed by atoms with van der Waals surface area (Å²) in [7, 11) is 0. The van der Waals surface area contributed by atoms with Crippen LogP contribution in [0.4, 0.5) is 5.69 Å². The number of carbonyl (C=O) groups is 1. The van der Waals surface area contributed by atoms with Crippen LogP contribution in [0.5, 0.6) is 0 Å². The first-order valence-electron chi connectivity index (χ1n) is 7.71. The van der Waals surface area contributed by atoms with E-state index in [1.807, 2.05) is 42.5 Å². The number of amides is 1. The van der Waals surface area contributed by atoms with Gasteiger partial charge in [-0.25, -0.2) is 0 Å². The third kappa shape index (κ3) is 5.25. The van der Waals surface area contributed by atoms with Gasteiger partial charge < -0.3 is 10.2 Å². The lowest BCUT2D eigenvalue weighted by atomic mass is 10.0. The lowest BCUT2D eigenvalue weighted by Gasteiger charge is -2.10. The van der Waals surface area contributed by atoms with Gasteiger partial charge in [-0.3, -0.25) is 4.79 Å². The number of oxime groups is 1. The highest BCUT2D eigenvalue weighted by Gasteiger charge is 2.13. The largest absolute Gasteiger partial charge is 0.383 e. The van der Waals surface area contributed by atoms with E-state index in [1.54, 1.807) is 13.1 Å². The SMILES string of the molecule is CC(C)c1ccc(/C=N\O[C@@H](C)C(=O)Nc2ccccc2)cc1. The van der Waals surface area contributed by atoms with Gasteiger partial charge in [-0.05, 0) is 36.1 Å². The van der Waals surface area contributed by atoms with E-state index < -0.39 is 6.10 Å². The Balaban J connectivity index is 1.85. The summed E-state index contributed by atoms with van der Waals surface area (Å²) in [6, 6.07) is 17.4. The molecular formula is C19H22N2O2. The summed E-state index contributed by atoms with van der Waals surface area (Å²) < 4.78 is 0. The van der Waals surface area contributed by atoms with Crippen molar-refractivity contribution < 1.29 is 9.63 Å². The third-order valence-electron chi connectivity index (χ3n) is 3.43. The Labute approximate surface area is 137 Å². The summed E-state index contributed by atoms with van der Waals surface area (Å²) >= 11 is 0. The average Bonchev–Trinajstić information content (AvgIpc) is 2.56. The van der Waals surface area contributed by atoms with Gasteiger partial charge >= 0.3 is 0 Å². The number of nitrogens with zero attached hydrogens (tertiary/aromatic N) is 1. The maximum Gasteiger partial charge on any atom is 0.267 e. The highest BCUT2D eigenvalue weighted by atomic mass is 16.6. The standard InChI is InChI=1S/C19H22N2O2/c1-14(2)17-11-9-16(10-12-17)13-20-23-15(3)19(22)21-18-7-5-4-6-8-18/h4-15H,1-3H3,(H,21,22)/b20-13-/t15-/m0/s1. The normalized spacial score (nSPS) is 12.3. The second-order valence-corrected chi connectivity index (χ2v) is 5.66. The molecule has 0 aliphatic carbocycles. The van der Waals surface area contributed by atoms with Crippen LogP contribution >= 0.6 is 0 Å². The third-order valence-corrected chi connectivity index (χ3v) is 3.43. The van der Waals surface area contributed by atoms with Gasteiger partial charge in [-0.1, -0.05) is 61.5 Å². The number of anilines is 1. The number of carbonyl (C=O) groups excluding carboxylic acids is 1. The van der Waals surface area contributed by atoms with Crippen LogP contribution in [0.15, 0.2) is 59.8 Å². The van der Waals surface area contributed by atoms with Crippen molar-refractivity contribution in [3.05, 3.63) is 65.7 Å². The maximum absolute atomic E-state index is 12.0. The molecule has 1 N–H and O–H groups in total. The monoisotopic (exact) mass is 310 g/mol. The predicted octanol–water partition coefficient (Wildman–Crippen LogP) is 4.19. The van der Waals surface area contributed by atoms with E-state index >= 15 is 0 Å². The first-order chi connectivity index (χ1) is 11.1. The number of hydrogen-bond acceptors (Lipinski definition) is 3. The van der Waals surface area contributed by atoms with Crippen LogP contribution in [-0.2, 0) is 9.63 Å². The summed E-state index contributed by atoms with van der Waals surface area (Å²) in [5.74, 6) is 0.266. The van der Waals surface area contributed by atoms with Crippen molar-refractivity contribution in [1.82, 2.24) is 0 Å². The average molecular weight is 310 g/mol. The molecule has 0 aromatic heterocycles. The molecule has 1 atom stereocenters. The molecule has 0 unspecified atom stereocenters. The van der Waals surface area contributed by atoms with Crippen LogP contribution in [0.25, 0.3) is 0 Å². The van der Waals surface area contributed by atoms with Gasteiger partial charge in [0.1, 0.15) is 0 Å². The van der Waals surface area contributed by atoms with Crippen molar-refractivity contribution in [3.8, 4) is 0 Å². The molecular weight excluding hydrogens is 288 g/mol. The quantitative estimate of drug-likeness (QED) is 0.642. The molecule has 0 aliphatic rings. The van der Waals surface area contributed by atoms with Crippen molar-refractivity contribution in [2.45, 2.75) is 32.8 Å². The molecule has 23 heavy (non-hydrogen) atoms. The van der Waals surface area contributed by atoms with Gasteiger partial charge in [0.05, 0.1) is 6.21 Å². The van der Waals surface area contributed by atoms with Crippen molar-refractivity contribution in [2.75, 3.05) is 5.32 Å². The highest BCUT2D eigenvalue weighted by Crippen LogP contribution is 2.14.